The summed E-state index contributed by atoms with van der Waals surface area (Å²) in [4.78, 5) is 37.6. The van der Waals surface area contributed by atoms with Gasteiger partial charge in [-0.25, -0.2) is 27.9 Å². The summed E-state index contributed by atoms with van der Waals surface area (Å²) in [5.74, 6) is -2.41. The number of amides is 2. The van der Waals surface area contributed by atoms with Crippen LogP contribution in [0.4, 0.5) is 9.18 Å². The summed E-state index contributed by atoms with van der Waals surface area (Å²) in [6, 6.07) is 5.04. The van der Waals surface area contributed by atoms with E-state index in [0.717, 1.165) is 12.3 Å². The SMILES string of the molecule is COC(=O)c1ccc(-c2cc3n(c2)C(=O)N(CC[C@](C)(C(=O)NO)S(C)(=O)=O)C3)c(F)c1. The molecular formula is C20H22FN3O7S. The molecule has 2 heterocycles. The van der Waals surface area contributed by atoms with Gasteiger partial charge in [0.1, 0.15) is 5.82 Å². The van der Waals surface area contributed by atoms with Crippen molar-refractivity contribution in [1.29, 1.82) is 0 Å². The molecule has 0 unspecified atom stereocenters. The number of nitrogens with one attached hydrogen (secondary N) is 1. The summed E-state index contributed by atoms with van der Waals surface area (Å²) in [5.41, 5.74) is 2.60. The van der Waals surface area contributed by atoms with E-state index in [1.165, 1.54) is 47.3 Å². The topological polar surface area (TPSA) is 135 Å². The lowest BCUT2D eigenvalue weighted by molar-refractivity contribution is -0.131. The third-order valence-corrected chi connectivity index (χ3v) is 7.72. The first-order valence-corrected chi connectivity index (χ1v) is 11.3. The number of rotatable bonds is 7. The molecule has 2 N–H and O–H groups in total. The van der Waals surface area contributed by atoms with Crippen LogP contribution in [-0.4, -0.2) is 65.7 Å². The number of hydrogen-bond donors (Lipinski definition) is 2. The highest BCUT2D eigenvalue weighted by atomic mass is 32.2. The molecule has 1 aromatic heterocycles. The Morgan fingerprint density at radius 2 is 2.00 bits per heavy atom. The van der Waals surface area contributed by atoms with E-state index in [1.807, 2.05) is 0 Å². The first-order chi connectivity index (χ1) is 14.9. The van der Waals surface area contributed by atoms with Gasteiger partial charge < -0.3 is 9.64 Å². The minimum Gasteiger partial charge on any atom is -0.465 e. The Labute approximate surface area is 183 Å². The Bertz CT molecular complexity index is 1210. The highest BCUT2D eigenvalue weighted by molar-refractivity contribution is 7.92. The van der Waals surface area contributed by atoms with Crippen molar-refractivity contribution in [1.82, 2.24) is 14.9 Å². The van der Waals surface area contributed by atoms with Crippen molar-refractivity contribution in [3.05, 3.63) is 47.5 Å². The number of methoxy groups -OCH3 is 1. The van der Waals surface area contributed by atoms with Gasteiger partial charge in [0.25, 0.3) is 5.91 Å². The summed E-state index contributed by atoms with van der Waals surface area (Å²) in [5, 5.41) is 8.90. The molecule has 10 nitrogen and oxygen atoms in total. The summed E-state index contributed by atoms with van der Waals surface area (Å²) in [7, 11) is -2.70. The molecule has 3 rings (SSSR count). The number of halogens is 1. The molecule has 1 aliphatic rings. The van der Waals surface area contributed by atoms with E-state index in [0.29, 0.717) is 11.3 Å². The second kappa shape index (κ2) is 8.36. The Hall–Kier alpha value is -3.25. The van der Waals surface area contributed by atoms with Gasteiger partial charge in [-0.05, 0) is 31.5 Å². The largest absolute Gasteiger partial charge is 0.465 e. The number of hydroxylamine groups is 1. The number of benzene rings is 1. The minimum atomic E-state index is -3.89. The molecule has 0 spiro atoms. The number of aromatic nitrogens is 1. The van der Waals surface area contributed by atoms with Crippen molar-refractivity contribution in [2.75, 3.05) is 19.9 Å². The van der Waals surface area contributed by atoms with E-state index in [4.69, 9.17) is 5.21 Å². The zero-order chi connectivity index (χ0) is 23.8. The number of sulfone groups is 1. The first kappa shape index (κ1) is 23.4. The van der Waals surface area contributed by atoms with Crippen LogP contribution in [0, 0.1) is 5.82 Å². The average Bonchev–Trinajstić information content (AvgIpc) is 3.28. The molecule has 1 atom stereocenters. The van der Waals surface area contributed by atoms with Crippen molar-refractivity contribution in [3.63, 3.8) is 0 Å². The molecule has 12 heteroatoms. The fraction of sp³-hybridized carbons (Fsp3) is 0.350. The lowest BCUT2D eigenvalue weighted by Crippen LogP contribution is -2.50. The van der Waals surface area contributed by atoms with Crippen molar-refractivity contribution >= 4 is 27.7 Å². The zero-order valence-electron chi connectivity index (χ0n) is 17.6. The molecule has 32 heavy (non-hydrogen) atoms. The molecule has 2 aromatic rings. The third-order valence-electron chi connectivity index (χ3n) is 5.69. The predicted octanol–water partition coefficient (Wildman–Crippen LogP) is 1.56. The zero-order valence-corrected chi connectivity index (χ0v) is 18.4. The second-order valence-electron chi connectivity index (χ2n) is 7.67. The van der Waals surface area contributed by atoms with Gasteiger partial charge in [-0.2, -0.15) is 0 Å². The fourth-order valence-corrected chi connectivity index (χ4v) is 4.32. The Morgan fingerprint density at radius 3 is 2.53 bits per heavy atom. The summed E-state index contributed by atoms with van der Waals surface area (Å²) in [6.45, 7) is 1.24. The molecule has 0 radical (unpaired) electrons. The van der Waals surface area contributed by atoms with Gasteiger partial charge in [-0.15, -0.1) is 0 Å². The Kier molecular flexibility index (Phi) is 6.11. The molecule has 0 aliphatic carbocycles. The molecule has 1 aromatic carbocycles. The Morgan fingerprint density at radius 1 is 1.31 bits per heavy atom. The lowest BCUT2D eigenvalue weighted by atomic mass is 10.1. The minimum absolute atomic E-state index is 0.0589. The monoisotopic (exact) mass is 467 g/mol. The highest BCUT2D eigenvalue weighted by Gasteiger charge is 2.44. The van der Waals surface area contributed by atoms with Crippen LogP contribution >= 0.6 is 0 Å². The number of carbonyl (C=O) groups excluding carboxylic acids is 3. The highest BCUT2D eigenvalue weighted by Crippen LogP contribution is 2.30. The van der Waals surface area contributed by atoms with Gasteiger partial charge >= 0.3 is 12.0 Å². The molecule has 172 valence electrons. The van der Waals surface area contributed by atoms with E-state index in [1.54, 1.807) is 6.07 Å². The van der Waals surface area contributed by atoms with Crippen LogP contribution in [0.15, 0.2) is 30.5 Å². The van der Waals surface area contributed by atoms with Crippen LogP contribution in [-0.2, 0) is 25.9 Å². The maximum absolute atomic E-state index is 14.5. The number of esters is 1. The van der Waals surface area contributed by atoms with Crippen molar-refractivity contribution < 1.29 is 37.1 Å². The van der Waals surface area contributed by atoms with Gasteiger partial charge in [0.05, 0.1) is 19.2 Å². The number of fused-ring (bicyclic) bond motifs is 1. The van der Waals surface area contributed by atoms with E-state index in [2.05, 4.69) is 4.74 Å². The van der Waals surface area contributed by atoms with Crippen LogP contribution in [0.1, 0.15) is 29.4 Å². The standard InChI is InChI=1S/C20H22FN3O7S/c1-20(18(26)22-28,32(3,29)30)6-7-23-11-14-8-13(10-24(14)19(23)27)15-5-4-12(9-16(15)21)17(25)31-2/h4-5,8-10,28H,6-7,11H2,1-3H3,(H,22,26)/t20-/m1/s1. The van der Waals surface area contributed by atoms with Gasteiger partial charge in [0.15, 0.2) is 14.6 Å². The van der Waals surface area contributed by atoms with Gasteiger partial charge in [-0.3, -0.25) is 14.6 Å². The molecule has 1 aliphatic heterocycles. The summed E-state index contributed by atoms with van der Waals surface area (Å²) >= 11 is 0. The van der Waals surface area contributed by atoms with Gasteiger partial charge in [-0.1, -0.05) is 6.07 Å². The number of carbonyl (C=O) groups is 3. The smallest absolute Gasteiger partial charge is 0.337 e. The van der Waals surface area contributed by atoms with E-state index in [-0.39, 0.29) is 30.6 Å². The quantitative estimate of drug-likeness (QED) is 0.358. The normalized spacial score (nSPS) is 15.3. The number of nitrogens with zero attached hydrogens (tertiary/aromatic N) is 2. The second-order valence-corrected chi connectivity index (χ2v) is 10.1. The van der Waals surface area contributed by atoms with Crippen molar-refractivity contribution in [2.24, 2.45) is 0 Å². The van der Waals surface area contributed by atoms with Crippen LogP contribution in [0.5, 0.6) is 0 Å². The lowest BCUT2D eigenvalue weighted by Gasteiger charge is -2.27. The predicted molar refractivity (Wildman–Crippen MR) is 110 cm³/mol. The van der Waals surface area contributed by atoms with Crippen LogP contribution in [0.3, 0.4) is 0 Å². The maximum atomic E-state index is 14.5. The van der Waals surface area contributed by atoms with E-state index in [9.17, 15) is 27.2 Å². The van der Waals surface area contributed by atoms with E-state index >= 15 is 0 Å². The van der Waals surface area contributed by atoms with E-state index < -0.39 is 38.3 Å². The third kappa shape index (κ3) is 3.98. The van der Waals surface area contributed by atoms with Gasteiger partial charge in [0.2, 0.25) is 0 Å². The maximum Gasteiger partial charge on any atom is 0.337 e. The summed E-state index contributed by atoms with van der Waals surface area (Å²) in [6.07, 6.45) is 2.10. The molecular weight excluding hydrogens is 445 g/mol. The van der Waals surface area contributed by atoms with Crippen LogP contribution < -0.4 is 5.48 Å². The Balaban J connectivity index is 1.78. The number of ether oxygens (including phenoxy) is 1. The molecule has 0 saturated carbocycles. The average molecular weight is 467 g/mol. The molecule has 0 saturated heterocycles. The van der Waals surface area contributed by atoms with Crippen molar-refractivity contribution in [2.45, 2.75) is 24.6 Å². The first-order valence-electron chi connectivity index (χ1n) is 9.46. The molecule has 0 fully saturated rings. The molecule has 0 bridgehead atoms. The fourth-order valence-electron chi connectivity index (χ4n) is 3.47. The summed E-state index contributed by atoms with van der Waals surface area (Å²) < 4.78 is 42.6. The van der Waals surface area contributed by atoms with Gasteiger partial charge in [0, 0.05) is 35.8 Å². The van der Waals surface area contributed by atoms with Crippen LogP contribution in [0.2, 0.25) is 0 Å². The number of hydrogen-bond acceptors (Lipinski definition) is 7. The van der Waals surface area contributed by atoms with Crippen LogP contribution in [0.25, 0.3) is 11.1 Å². The molecule has 2 amide bonds. The van der Waals surface area contributed by atoms with Crippen molar-refractivity contribution in [3.8, 4) is 11.1 Å².